The van der Waals surface area contributed by atoms with Crippen LogP contribution in [-0.2, 0) is 13.1 Å². The highest BCUT2D eigenvalue weighted by Crippen LogP contribution is 2.30. The first-order valence-electron chi connectivity index (χ1n) is 5.66. The summed E-state index contributed by atoms with van der Waals surface area (Å²) in [7, 11) is 2.17. The summed E-state index contributed by atoms with van der Waals surface area (Å²) in [6.07, 6.45) is 2.81. The number of rotatable bonds is 5. The summed E-state index contributed by atoms with van der Waals surface area (Å²) in [4.78, 5) is 2.37. The van der Waals surface area contributed by atoms with E-state index in [0.29, 0.717) is 6.54 Å². The van der Waals surface area contributed by atoms with Gasteiger partial charge in [-0.2, -0.15) is 0 Å². The third kappa shape index (κ3) is 2.83. The van der Waals surface area contributed by atoms with Crippen LogP contribution in [0.3, 0.4) is 0 Å². The van der Waals surface area contributed by atoms with Crippen molar-refractivity contribution in [2.75, 3.05) is 13.6 Å². The lowest BCUT2D eigenvalue weighted by molar-refractivity contribution is 0.310. The number of aryl methyl sites for hydroxylation is 1. The highest BCUT2D eigenvalue weighted by molar-refractivity contribution is 5.20. The van der Waals surface area contributed by atoms with Gasteiger partial charge in [0.2, 0.25) is 0 Å². The lowest BCUT2D eigenvalue weighted by Gasteiger charge is -2.15. The number of nitrogens with zero attached hydrogens (tertiary/aromatic N) is 1. The molecule has 1 saturated carbocycles. The van der Waals surface area contributed by atoms with Crippen molar-refractivity contribution in [2.45, 2.75) is 32.9 Å². The van der Waals surface area contributed by atoms with Gasteiger partial charge in [0, 0.05) is 18.7 Å². The summed E-state index contributed by atoms with van der Waals surface area (Å²) in [5.74, 6) is 2.84. The quantitative estimate of drug-likeness (QED) is 0.803. The van der Waals surface area contributed by atoms with E-state index in [1.807, 2.05) is 6.92 Å². The second-order valence-corrected chi connectivity index (χ2v) is 4.64. The van der Waals surface area contributed by atoms with Gasteiger partial charge in [-0.1, -0.05) is 0 Å². The molecule has 1 aromatic heterocycles. The molecule has 1 aliphatic rings. The van der Waals surface area contributed by atoms with E-state index in [1.165, 1.54) is 24.9 Å². The van der Waals surface area contributed by atoms with Crippen molar-refractivity contribution < 1.29 is 4.42 Å². The molecule has 0 atom stereocenters. The van der Waals surface area contributed by atoms with Crippen LogP contribution in [0, 0.1) is 12.8 Å². The summed E-state index contributed by atoms with van der Waals surface area (Å²) in [5, 5.41) is 0. The van der Waals surface area contributed by atoms with Gasteiger partial charge in [-0.25, -0.2) is 0 Å². The Labute approximate surface area is 91.2 Å². The lowest BCUT2D eigenvalue weighted by atomic mass is 10.2. The Balaban J connectivity index is 1.92. The van der Waals surface area contributed by atoms with Gasteiger partial charge in [0.25, 0.3) is 0 Å². The fraction of sp³-hybridized carbons (Fsp3) is 0.667. The Morgan fingerprint density at radius 2 is 2.27 bits per heavy atom. The van der Waals surface area contributed by atoms with Gasteiger partial charge in [0.05, 0.1) is 6.54 Å². The van der Waals surface area contributed by atoms with Crippen molar-refractivity contribution >= 4 is 0 Å². The number of hydrogen-bond acceptors (Lipinski definition) is 3. The summed E-state index contributed by atoms with van der Waals surface area (Å²) in [5.41, 5.74) is 6.82. The monoisotopic (exact) mass is 208 g/mol. The number of nitrogens with two attached hydrogens (primary N) is 1. The van der Waals surface area contributed by atoms with E-state index in [0.717, 1.165) is 24.0 Å². The van der Waals surface area contributed by atoms with Gasteiger partial charge >= 0.3 is 0 Å². The first kappa shape index (κ1) is 10.7. The van der Waals surface area contributed by atoms with Crippen molar-refractivity contribution in [1.82, 2.24) is 4.90 Å². The van der Waals surface area contributed by atoms with Crippen molar-refractivity contribution in [3.05, 3.63) is 23.2 Å². The largest absolute Gasteiger partial charge is 0.465 e. The lowest BCUT2D eigenvalue weighted by Crippen LogP contribution is -2.20. The highest BCUT2D eigenvalue weighted by Gasteiger charge is 2.23. The van der Waals surface area contributed by atoms with Crippen LogP contribution in [0.5, 0.6) is 0 Å². The molecule has 3 heteroatoms. The van der Waals surface area contributed by atoms with E-state index in [-0.39, 0.29) is 0 Å². The first-order valence-corrected chi connectivity index (χ1v) is 5.66. The fourth-order valence-corrected chi connectivity index (χ4v) is 1.94. The van der Waals surface area contributed by atoms with Gasteiger partial charge < -0.3 is 15.1 Å². The van der Waals surface area contributed by atoms with E-state index >= 15 is 0 Å². The molecule has 0 unspecified atom stereocenters. The molecule has 1 aliphatic carbocycles. The zero-order chi connectivity index (χ0) is 10.8. The van der Waals surface area contributed by atoms with E-state index in [9.17, 15) is 0 Å². The molecule has 0 saturated heterocycles. The smallest absolute Gasteiger partial charge is 0.118 e. The van der Waals surface area contributed by atoms with Crippen molar-refractivity contribution in [1.29, 1.82) is 0 Å². The molecule has 84 valence electrons. The zero-order valence-corrected chi connectivity index (χ0v) is 9.62. The van der Waals surface area contributed by atoms with Crippen LogP contribution < -0.4 is 5.73 Å². The molecule has 1 fully saturated rings. The van der Waals surface area contributed by atoms with Crippen LogP contribution in [0.2, 0.25) is 0 Å². The molecule has 0 spiro atoms. The van der Waals surface area contributed by atoms with Gasteiger partial charge in [0.15, 0.2) is 0 Å². The first-order chi connectivity index (χ1) is 7.19. The molecule has 1 aromatic rings. The van der Waals surface area contributed by atoms with Crippen molar-refractivity contribution in [2.24, 2.45) is 11.7 Å². The van der Waals surface area contributed by atoms with Crippen LogP contribution in [-0.4, -0.2) is 18.5 Å². The van der Waals surface area contributed by atoms with Crippen LogP contribution in [0.4, 0.5) is 0 Å². The molecular formula is C12H20N2O. The van der Waals surface area contributed by atoms with Crippen LogP contribution in [0.15, 0.2) is 10.5 Å². The van der Waals surface area contributed by atoms with Gasteiger partial charge in [0.1, 0.15) is 11.5 Å². The molecular weight excluding hydrogens is 188 g/mol. The predicted molar refractivity (Wildman–Crippen MR) is 60.4 cm³/mol. The normalized spacial score (nSPS) is 16.3. The SMILES string of the molecule is Cc1oc(CN)cc1CN(C)CC1CC1. The second kappa shape index (κ2) is 4.37. The Hall–Kier alpha value is -0.800. The van der Waals surface area contributed by atoms with E-state index in [4.69, 9.17) is 10.2 Å². The van der Waals surface area contributed by atoms with Crippen LogP contribution in [0.25, 0.3) is 0 Å². The minimum absolute atomic E-state index is 0.493. The molecule has 0 radical (unpaired) electrons. The topological polar surface area (TPSA) is 42.4 Å². The summed E-state index contributed by atoms with van der Waals surface area (Å²) in [6, 6.07) is 2.08. The molecule has 2 rings (SSSR count). The molecule has 3 nitrogen and oxygen atoms in total. The molecule has 2 N–H and O–H groups in total. The average Bonchev–Trinajstić information content (AvgIpc) is 2.92. The van der Waals surface area contributed by atoms with Gasteiger partial charge in [-0.05, 0) is 38.8 Å². The van der Waals surface area contributed by atoms with Gasteiger partial charge in [-0.3, -0.25) is 0 Å². The third-order valence-corrected chi connectivity index (χ3v) is 2.98. The van der Waals surface area contributed by atoms with E-state index in [2.05, 4.69) is 18.0 Å². The van der Waals surface area contributed by atoms with Crippen LogP contribution in [0.1, 0.15) is 29.9 Å². The minimum Gasteiger partial charge on any atom is -0.465 e. The maximum Gasteiger partial charge on any atom is 0.118 e. The zero-order valence-electron chi connectivity index (χ0n) is 9.62. The molecule has 0 bridgehead atoms. The summed E-state index contributed by atoms with van der Waals surface area (Å²) in [6.45, 7) is 4.70. The average molecular weight is 208 g/mol. The highest BCUT2D eigenvalue weighted by atomic mass is 16.3. The molecule has 0 aliphatic heterocycles. The minimum atomic E-state index is 0.493. The molecule has 0 amide bonds. The Bertz CT molecular complexity index is 328. The Morgan fingerprint density at radius 3 is 2.80 bits per heavy atom. The Kier molecular flexibility index (Phi) is 3.12. The van der Waals surface area contributed by atoms with E-state index in [1.54, 1.807) is 0 Å². The second-order valence-electron chi connectivity index (χ2n) is 4.64. The van der Waals surface area contributed by atoms with Crippen molar-refractivity contribution in [3.8, 4) is 0 Å². The molecule has 15 heavy (non-hydrogen) atoms. The maximum absolute atomic E-state index is 5.55. The Morgan fingerprint density at radius 1 is 1.53 bits per heavy atom. The summed E-state index contributed by atoms with van der Waals surface area (Å²) < 4.78 is 5.53. The fourth-order valence-electron chi connectivity index (χ4n) is 1.94. The maximum atomic E-state index is 5.55. The predicted octanol–water partition coefficient (Wildman–Crippen LogP) is 1.89. The third-order valence-electron chi connectivity index (χ3n) is 2.98. The summed E-state index contributed by atoms with van der Waals surface area (Å²) >= 11 is 0. The number of furan rings is 1. The number of hydrogen-bond donors (Lipinski definition) is 1. The molecule has 0 aromatic carbocycles. The van der Waals surface area contributed by atoms with Crippen molar-refractivity contribution in [3.63, 3.8) is 0 Å². The standard InChI is InChI=1S/C12H20N2O/c1-9-11(5-12(6-13)15-9)8-14(2)7-10-3-4-10/h5,10H,3-4,6-8,13H2,1-2H3. The molecule has 1 heterocycles. The van der Waals surface area contributed by atoms with Gasteiger partial charge in [-0.15, -0.1) is 0 Å². The van der Waals surface area contributed by atoms with Crippen LogP contribution >= 0.6 is 0 Å². The van der Waals surface area contributed by atoms with E-state index < -0.39 is 0 Å².